The van der Waals surface area contributed by atoms with Gasteiger partial charge in [0, 0.05) is 22.2 Å². The fourth-order valence-electron chi connectivity index (χ4n) is 4.47. The van der Waals surface area contributed by atoms with Crippen LogP contribution in [0.1, 0.15) is 84.4 Å². The highest BCUT2D eigenvalue weighted by Crippen LogP contribution is 2.31. The molecule has 0 aliphatic carbocycles. The van der Waals surface area contributed by atoms with Gasteiger partial charge in [-0.05, 0) is 63.1 Å². The van der Waals surface area contributed by atoms with E-state index in [2.05, 4.69) is 19.2 Å². The molecule has 0 spiro atoms. The van der Waals surface area contributed by atoms with E-state index >= 15 is 0 Å². The van der Waals surface area contributed by atoms with E-state index in [0.29, 0.717) is 22.6 Å². The first-order chi connectivity index (χ1) is 16.9. The largest absolute Gasteiger partial charge is 0.497 e. The zero-order valence-electron chi connectivity index (χ0n) is 22.1. The number of fused-ring (bicyclic) bond motifs is 1. The van der Waals surface area contributed by atoms with E-state index in [9.17, 15) is 9.59 Å². The van der Waals surface area contributed by atoms with E-state index in [4.69, 9.17) is 14.1 Å². The number of furan rings is 1. The maximum Gasteiger partial charge on any atom is 0.259 e. The summed E-state index contributed by atoms with van der Waals surface area (Å²) < 4.78 is 11.2. The molecule has 0 radical (unpaired) electrons. The standard InChI is InChI=1S/C30H34N2O4/c1-18-23(15-27(36-18)29(2,3)4)28(34)31-21-10-8-9-19(13-21)26(33)16-25-24-14-22(35-7)12-11-20(24)17-30(5,6)32-25/h8-15H,16-17H2,1-7H3,(H,31,34). The number of hydrogen-bond donors (Lipinski definition) is 1. The maximum absolute atomic E-state index is 13.3. The van der Waals surface area contributed by atoms with Crippen LogP contribution in [0, 0.1) is 6.92 Å². The Bertz CT molecular complexity index is 1360. The van der Waals surface area contributed by atoms with Gasteiger partial charge in [-0.15, -0.1) is 0 Å². The van der Waals surface area contributed by atoms with E-state index in [-0.39, 0.29) is 29.1 Å². The van der Waals surface area contributed by atoms with Crippen LogP contribution in [0.25, 0.3) is 0 Å². The number of carbonyl (C=O) groups excluding carboxylic acids is 2. The molecular weight excluding hydrogens is 452 g/mol. The van der Waals surface area contributed by atoms with Crippen molar-refractivity contribution in [2.45, 2.75) is 65.3 Å². The van der Waals surface area contributed by atoms with E-state index in [0.717, 1.165) is 34.8 Å². The van der Waals surface area contributed by atoms with Gasteiger partial charge in [0.2, 0.25) is 0 Å². The molecule has 0 bridgehead atoms. The summed E-state index contributed by atoms with van der Waals surface area (Å²) in [7, 11) is 1.63. The van der Waals surface area contributed by atoms with Crippen LogP contribution in [0.3, 0.4) is 0 Å². The molecule has 36 heavy (non-hydrogen) atoms. The Hall–Kier alpha value is -3.67. The molecule has 1 aromatic heterocycles. The number of methoxy groups -OCH3 is 1. The summed E-state index contributed by atoms with van der Waals surface area (Å²) in [5.74, 6) is 1.72. The third kappa shape index (κ3) is 5.43. The summed E-state index contributed by atoms with van der Waals surface area (Å²) in [5, 5.41) is 2.91. The average Bonchev–Trinajstić information content (AvgIpc) is 3.20. The first kappa shape index (κ1) is 25.4. The van der Waals surface area contributed by atoms with Crippen LogP contribution in [0.15, 0.2) is 57.9 Å². The quantitative estimate of drug-likeness (QED) is 0.401. The predicted octanol–water partition coefficient (Wildman–Crippen LogP) is 6.54. The second-order valence-electron chi connectivity index (χ2n) is 11.0. The van der Waals surface area contributed by atoms with Gasteiger partial charge in [0.25, 0.3) is 5.91 Å². The van der Waals surface area contributed by atoms with Crippen LogP contribution in [-0.4, -0.2) is 30.1 Å². The van der Waals surface area contributed by atoms with Crippen LogP contribution >= 0.6 is 0 Å². The lowest BCUT2D eigenvalue weighted by Gasteiger charge is -2.29. The monoisotopic (exact) mass is 486 g/mol. The van der Waals surface area contributed by atoms with Gasteiger partial charge in [-0.1, -0.05) is 39.0 Å². The SMILES string of the molecule is COc1ccc2c(c1)C(CC(=O)c1cccc(NC(=O)c3cc(C(C)(C)C)oc3C)c1)=NC(C)(C)C2. The van der Waals surface area contributed by atoms with Crippen molar-refractivity contribution >= 4 is 23.1 Å². The van der Waals surface area contributed by atoms with Crippen molar-refractivity contribution in [1.29, 1.82) is 0 Å². The summed E-state index contributed by atoms with van der Waals surface area (Å²) in [6, 6.07) is 14.7. The second-order valence-corrected chi connectivity index (χ2v) is 11.0. The van der Waals surface area contributed by atoms with Crippen molar-refractivity contribution < 1.29 is 18.7 Å². The third-order valence-corrected chi connectivity index (χ3v) is 6.36. The van der Waals surface area contributed by atoms with Crippen LogP contribution < -0.4 is 10.1 Å². The number of carbonyl (C=O) groups is 2. The zero-order chi connectivity index (χ0) is 26.3. The summed E-state index contributed by atoms with van der Waals surface area (Å²) in [6.07, 6.45) is 0.965. The highest BCUT2D eigenvalue weighted by atomic mass is 16.5. The fourth-order valence-corrected chi connectivity index (χ4v) is 4.47. The second kappa shape index (κ2) is 9.41. The zero-order valence-corrected chi connectivity index (χ0v) is 22.1. The minimum atomic E-state index is -0.290. The first-order valence-electron chi connectivity index (χ1n) is 12.2. The van der Waals surface area contributed by atoms with Crippen LogP contribution in [0.2, 0.25) is 0 Å². The Balaban J connectivity index is 1.55. The van der Waals surface area contributed by atoms with Crippen molar-refractivity contribution in [2.75, 3.05) is 12.4 Å². The van der Waals surface area contributed by atoms with Crippen molar-refractivity contribution in [3.05, 3.63) is 82.3 Å². The number of ether oxygens (including phenoxy) is 1. The Morgan fingerprint density at radius 2 is 1.86 bits per heavy atom. The minimum absolute atomic E-state index is 0.0640. The van der Waals surface area contributed by atoms with Crippen molar-refractivity contribution in [1.82, 2.24) is 0 Å². The lowest BCUT2D eigenvalue weighted by molar-refractivity contribution is 0.0996. The fraction of sp³-hybridized carbons (Fsp3) is 0.367. The van der Waals surface area contributed by atoms with Gasteiger partial charge in [0.1, 0.15) is 17.3 Å². The molecule has 0 atom stereocenters. The van der Waals surface area contributed by atoms with Gasteiger partial charge >= 0.3 is 0 Å². The molecule has 6 nitrogen and oxygen atoms in total. The number of aryl methyl sites for hydroxylation is 1. The molecule has 188 valence electrons. The summed E-state index contributed by atoms with van der Waals surface area (Å²) in [4.78, 5) is 31.2. The lowest BCUT2D eigenvalue weighted by Crippen LogP contribution is -2.30. The molecule has 0 saturated carbocycles. The van der Waals surface area contributed by atoms with Gasteiger partial charge in [-0.25, -0.2) is 0 Å². The molecular formula is C30H34N2O4. The summed E-state index contributed by atoms with van der Waals surface area (Å²) >= 11 is 0. The molecule has 3 aromatic rings. The molecule has 0 saturated heterocycles. The van der Waals surface area contributed by atoms with E-state index in [1.54, 1.807) is 44.4 Å². The highest BCUT2D eigenvalue weighted by Gasteiger charge is 2.28. The normalized spacial score (nSPS) is 14.6. The number of hydrogen-bond acceptors (Lipinski definition) is 5. The predicted molar refractivity (Wildman–Crippen MR) is 143 cm³/mol. The molecule has 1 aliphatic rings. The Morgan fingerprint density at radius 1 is 1.11 bits per heavy atom. The molecule has 0 unspecified atom stereocenters. The van der Waals surface area contributed by atoms with Crippen molar-refractivity contribution in [2.24, 2.45) is 4.99 Å². The van der Waals surface area contributed by atoms with Crippen LogP contribution in [0.4, 0.5) is 5.69 Å². The highest BCUT2D eigenvalue weighted by molar-refractivity contribution is 6.17. The van der Waals surface area contributed by atoms with Gasteiger partial charge in [-0.2, -0.15) is 0 Å². The molecule has 4 rings (SSSR count). The van der Waals surface area contributed by atoms with Crippen LogP contribution in [0.5, 0.6) is 5.75 Å². The Morgan fingerprint density at radius 3 is 2.53 bits per heavy atom. The summed E-state index contributed by atoms with van der Waals surface area (Å²) in [6.45, 7) is 12.0. The third-order valence-electron chi connectivity index (χ3n) is 6.36. The van der Waals surface area contributed by atoms with Gasteiger partial charge < -0.3 is 14.5 Å². The van der Waals surface area contributed by atoms with Crippen molar-refractivity contribution in [3.63, 3.8) is 0 Å². The first-order valence-corrected chi connectivity index (χ1v) is 12.2. The number of ketones is 1. The van der Waals surface area contributed by atoms with E-state index < -0.39 is 0 Å². The molecule has 1 amide bonds. The number of benzene rings is 2. The molecule has 2 heterocycles. The number of nitrogens with one attached hydrogen (secondary N) is 1. The number of amides is 1. The lowest BCUT2D eigenvalue weighted by atomic mass is 9.85. The molecule has 6 heteroatoms. The van der Waals surface area contributed by atoms with Crippen molar-refractivity contribution in [3.8, 4) is 5.75 Å². The number of anilines is 1. The van der Waals surface area contributed by atoms with Gasteiger partial charge in [0.15, 0.2) is 5.78 Å². The van der Waals surface area contributed by atoms with Gasteiger partial charge in [0.05, 0.1) is 30.3 Å². The number of aliphatic imine (C=N–C) groups is 1. The van der Waals surface area contributed by atoms with Gasteiger partial charge in [-0.3, -0.25) is 14.6 Å². The van der Waals surface area contributed by atoms with E-state index in [1.807, 2.05) is 39.0 Å². The smallest absolute Gasteiger partial charge is 0.259 e. The van der Waals surface area contributed by atoms with Crippen LogP contribution in [-0.2, 0) is 11.8 Å². The number of rotatable bonds is 6. The maximum atomic E-state index is 13.3. The topological polar surface area (TPSA) is 80.9 Å². The summed E-state index contributed by atoms with van der Waals surface area (Å²) in [5.41, 5.74) is 3.93. The minimum Gasteiger partial charge on any atom is -0.497 e. The average molecular weight is 487 g/mol. The molecule has 0 fully saturated rings. The number of Topliss-reactive ketones (excluding diaryl/α,β-unsaturated/α-hetero) is 1. The Labute approximate surface area is 212 Å². The van der Waals surface area contributed by atoms with E-state index in [1.165, 1.54) is 0 Å². The molecule has 1 aliphatic heterocycles. The number of nitrogens with zero attached hydrogens (tertiary/aromatic N) is 1. The molecule has 1 N–H and O–H groups in total. The molecule has 2 aromatic carbocycles. The Kier molecular flexibility index (Phi) is 6.65.